The van der Waals surface area contributed by atoms with Crippen molar-refractivity contribution < 1.29 is 33.7 Å². The normalized spacial score (nSPS) is 13.2. The van der Waals surface area contributed by atoms with Crippen molar-refractivity contribution in [2.75, 3.05) is 13.1 Å². The molecule has 0 spiro atoms. The van der Waals surface area contributed by atoms with Crippen LogP contribution in [0.3, 0.4) is 0 Å². The second-order valence-corrected chi connectivity index (χ2v) is 8.27. The van der Waals surface area contributed by atoms with Gasteiger partial charge in [-0.3, -0.25) is 35.7 Å². The highest BCUT2D eigenvalue weighted by molar-refractivity contribution is 6.02. The molecule has 3 rings (SSSR count). The largest absolute Gasteiger partial charge is 0.444 e. The standard InChI is InChI=1S/C23H25N7O9/c1-14(20(31)26-17-10-24-11-17)25-21(27-22(32)38-12-15-2-6-18(7-3-15)29(34)35)28-23(33)39-13-16-4-8-19(9-5-16)30(36)37/h2-9,14,17,24H,10-13H2,1H3,(H,26,31)(H2,25,27,28,32,33)/t14-/m0/s1. The van der Waals surface area contributed by atoms with E-state index in [4.69, 9.17) is 9.47 Å². The molecule has 16 nitrogen and oxygen atoms in total. The van der Waals surface area contributed by atoms with Gasteiger partial charge in [0, 0.05) is 37.4 Å². The van der Waals surface area contributed by atoms with Crippen molar-refractivity contribution in [1.82, 2.24) is 21.3 Å². The Kier molecular flexibility index (Phi) is 9.80. The van der Waals surface area contributed by atoms with Crippen molar-refractivity contribution >= 4 is 35.4 Å². The number of aliphatic imine (C=N–C) groups is 1. The number of amides is 3. The number of nitrogens with zero attached hydrogens (tertiary/aromatic N) is 3. The van der Waals surface area contributed by atoms with Crippen LogP contribution in [0.15, 0.2) is 53.5 Å². The third kappa shape index (κ3) is 9.04. The first-order chi connectivity index (χ1) is 18.6. The number of benzene rings is 2. The van der Waals surface area contributed by atoms with Crippen LogP contribution < -0.4 is 21.3 Å². The van der Waals surface area contributed by atoms with Gasteiger partial charge in [0.05, 0.1) is 15.9 Å². The SMILES string of the molecule is C[C@H](N=C(NC(=O)OCc1ccc([N+](=O)[O-])cc1)NC(=O)OCc1ccc([N+](=O)[O-])cc1)C(=O)NC1CNC1. The Balaban J connectivity index is 1.60. The minimum Gasteiger partial charge on any atom is -0.444 e. The Morgan fingerprint density at radius 1 is 0.897 bits per heavy atom. The van der Waals surface area contributed by atoms with Crippen LogP contribution in [0.4, 0.5) is 21.0 Å². The summed E-state index contributed by atoms with van der Waals surface area (Å²) in [5.74, 6) is -0.868. The molecule has 2 aromatic rings. The Hall–Kier alpha value is -5.12. The number of ether oxygens (including phenoxy) is 2. The van der Waals surface area contributed by atoms with Gasteiger partial charge < -0.3 is 20.1 Å². The highest BCUT2D eigenvalue weighted by Crippen LogP contribution is 2.13. The summed E-state index contributed by atoms with van der Waals surface area (Å²) in [4.78, 5) is 61.6. The Morgan fingerprint density at radius 2 is 1.33 bits per heavy atom. The Bertz CT molecular complexity index is 1170. The van der Waals surface area contributed by atoms with Crippen molar-refractivity contribution in [2.24, 2.45) is 4.99 Å². The summed E-state index contributed by atoms with van der Waals surface area (Å²) in [5, 5.41) is 31.8. The molecular formula is C23H25N7O9. The van der Waals surface area contributed by atoms with Crippen LogP contribution in [0.5, 0.6) is 0 Å². The van der Waals surface area contributed by atoms with Crippen LogP contribution >= 0.6 is 0 Å². The lowest BCUT2D eigenvalue weighted by atomic mass is 10.1. The van der Waals surface area contributed by atoms with Gasteiger partial charge in [-0.2, -0.15) is 0 Å². The molecule has 1 aliphatic heterocycles. The monoisotopic (exact) mass is 543 g/mol. The lowest BCUT2D eigenvalue weighted by Crippen LogP contribution is -2.58. The van der Waals surface area contributed by atoms with Crippen LogP contribution in [0.1, 0.15) is 18.1 Å². The maximum absolute atomic E-state index is 12.4. The van der Waals surface area contributed by atoms with Crippen molar-refractivity contribution in [1.29, 1.82) is 0 Å². The van der Waals surface area contributed by atoms with Gasteiger partial charge in [0.25, 0.3) is 11.4 Å². The van der Waals surface area contributed by atoms with Crippen LogP contribution in [0.2, 0.25) is 0 Å². The summed E-state index contributed by atoms with van der Waals surface area (Å²) >= 11 is 0. The molecule has 0 unspecified atom stereocenters. The van der Waals surface area contributed by atoms with E-state index in [0.717, 1.165) is 0 Å². The fraction of sp³-hybridized carbons (Fsp3) is 0.304. The number of nitro groups is 2. The first-order valence-corrected chi connectivity index (χ1v) is 11.5. The average Bonchev–Trinajstić information content (AvgIpc) is 2.88. The maximum atomic E-state index is 12.4. The molecule has 4 N–H and O–H groups in total. The fourth-order valence-electron chi connectivity index (χ4n) is 3.05. The van der Waals surface area contributed by atoms with E-state index < -0.39 is 39.9 Å². The third-order valence-electron chi connectivity index (χ3n) is 5.31. The molecular weight excluding hydrogens is 518 g/mol. The molecule has 0 aliphatic carbocycles. The number of nitrogens with one attached hydrogen (secondary N) is 4. The van der Waals surface area contributed by atoms with Gasteiger partial charge in [-0.15, -0.1) is 0 Å². The van der Waals surface area contributed by atoms with Crippen molar-refractivity contribution in [3.63, 3.8) is 0 Å². The number of hydrogen-bond donors (Lipinski definition) is 4. The predicted molar refractivity (Wildman–Crippen MR) is 135 cm³/mol. The van der Waals surface area contributed by atoms with E-state index >= 15 is 0 Å². The molecule has 0 aromatic heterocycles. The molecule has 1 aliphatic rings. The average molecular weight is 543 g/mol. The third-order valence-corrected chi connectivity index (χ3v) is 5.31. The topological polar surface area (TPSA) is 216 Å². The summed E-state index contributed by atoms with van der Waals surface area (Å²) in [7, 11) is 0. The van der Waals surface area contributed by atoms with E-state index in [0.29, 0.717) is 24.2 Å². The molecule has 16 heteroatoms. The maximum Gasteiger partial charge on any atom is 0.414 e. The molecule has 1 atom stereocenters. The zero-order valence-electron chi connectivity index (χ0n) is 20.6. The van der Waals surface area contributed by atoms with E-state index in [1.54, 1.807) is 0 Å². The van der Waals surface area contributed by atoms with Gasteiger partial charge in [-0.05, 0) is 42.3 Å². The first kappa shape index (κ1) is 28.5. The number of alkyl carbamates (subject to hydrolysis) is 2. The van der Waals surface area contributed by atoms with Gasteiger partial charge in [0.2, 0.25) is 11.9 Å². The van der Waals surface area contributed by atoms with E-state index in [9.17, 15) is 34.6 Å². The molecule has 1 saturated heterocycles. The lowest BCUT2D eigenvalue weighted by Gasteiger charge is -2.28. The zero-order valence-corrected chi connectivity index (χ0v) is 20.6. The number of non-ortho nitro benzene ring substituents is 2. The first-order valence-electron chi connectivity index (χ1n) is 11.5. The summed E-state index contributed by atoms with van der Waals surface area (Å²) < 4.78 is 10.2. The lowest BCUT2D eigenvalue weighted by molar-refractivity contribution is -0.385. The minimum atomic E-state index is -1.03. The van der Waals surface area contributed by atoms with E-state index in [-0.39, 0.29) is 30.6 Å². The molecule has 1 fully saturated rings. The molecule has 39 heavy (non-hydrogen) atoms. The number of guanidine groups is 1. The van der Waals surface area contributed by atoms with Crippen molar-refractivity contribution in [3.8, 4) is 0 Å². The number of nitro benzene ring substituents is 2. The number of hydrogen-bond acceptors (Lipinski definition) is 11. The molecule has 0 saturated carbocycles. The molecule has 0 radical (unpaired) electrons. The van der Waals surface area contributed by atoms with Gasteiger partial charge in [-0.1, -0.05) is 0 Å². The quantitative estimate of drug-likeness (QED) is 0.155. The van der Waals surface area contributed by atoms with Crippen molar-refractivity contribution in [2.45, 2.75) is 32.2 Å². The van der Waals surface area contributed by atoms with E-state index in [2.05, 4.69) is 26.3 Å². The summed E-state index contributed by atoms with van der Waals surface area (Å²) in [6, 6.07) is 9.60. The number of carbonyl (C=O) groups excluding carboxylic acids is 3. The molecule has 0 bridgehead atoms. The molecule has 1 heterocycles. The predicted octanol–water partition coefficient (Wildman–Crippen LogP) is 1.49. The van der Waals surface area contributed by atoms with Crippen LogP contribution in [-0.4, -0.2) is 59.1 Å². The van der Waals surface area contributed by atoms with Gasteiger partial charge in [0.1, 0.15) is 19.3 Å². The zero-order chi connectivity index (χ0) is 28.4. The van der Waals surface area contributed by atoms with Crippen LogP contribution in [0, 0.1) is 20.2 Å². The summed E-state index contributed by atoms with van der Waals surface area (Å²) in [5.41, 5.74) is 0.677. The van der Waals surface area contributed by atoms with Gasteiger partial charge in [0.15, 0.2) is 0 Å². The van der Waals surface area contributed by atoms with Crippen LogP contribution in [-0.2, 0) is 27.5 Å². The molecule has 2 aromatic carbocycles. The van der Waals surface area contributed by atoms with Gasteiger partial charge in [-0.25, -0.2) is 14.6 Å². The Labute approximate surface area is 221 Å². The second-order valence-electron chi connectivity index (χ2n) is 8.27. The highest BCUT2D eigenvalue weighted by Gasteiger charge is 2.23. The van der Waals surface area contributed by atoms with E-state index in [1.165, 1.54) is 55.5 Å². The molecule has 3 amide bonds. The number of rotatable bonds is 9. The highest BCUT2D eigenvalue weighted by atomic mass is 16.6. The smallest absolute Gasteiger partial charge is 0.414 e. The fourth-order valence-corrected chi connectivity index (χ4v) is 3.05. The number of carbonyl (C=O) groups is 3. The molecule has 206 valence electrons. The van der Waals surface area contributed by atoms with E-state index in [1.807, 2.05) is 0 Å². The summed E-state index contributed by atoms with van der Waals surface area (Å²) in [6.07, 6.45) is -2.06. The van der Waals surface area contributed by atoms with Crippen molar-refractivity contribution in [3.05, 3.63) is 79.9 Å². The van der Waals surface area contributed by atoms with Crippen LogP contribution in [0.25, 0.3) is 0 Å². The Morgan fingerprint density at radius 3 is 1.69 bits per heavy atom. The second kappa shape index (κ2) is 13.4. The summed E-state index contributed by atoms with van der Waals surface area (Å²) in [6.45, 7) is 2.18. The minimum absolute atomic E-state index is 0.0576. The van der Waals surface area contributed by atoms with Gasteiger partial charge >= 0.3 is 12.2 Å².